The summed E-state index contributed by atoms with van der Waals surface area (Å²) < 4.78 is 5.35. The second-order valence-corrected chi connectivity index (χ2v) is 3.89. The molecule has 1 fully saturated rings. The molecule has 0 aromatic carbocycles. The van der Waals surface area contributed by atoms with Crippen LogP contribution in [0.3, 0.4) is 0 Å². The van der Waals surface area contributed by atoms with Crippen LogP contribution in [0, 0.1) is 6.92 Å². The van der Waals surface area contributed by atoms with E-state index in [0.29, 0.717) is 30.2 Å². The Hall–Kier alpha value is -1.33. The van der Waals surface area contributed by atoms with Gasteiger partial charge in [-0.2, -0.15) is 0 Å². The Morgan fingerprint density at radius 2 is 2.25 bits per heavy atom. The van der Waals surface area contributed by atoms with Crippen LogP contribution in [0.4, 0.5) is 0 Å². The van der Waals surface area contributed by atoms with E-state index in [9.17, 15) is 4.79 Å². The second-order valence-electron chi connectivity index (χ2n) is 3.89. The number of hydrogen-bond acceptors (Lipinski definition) is 4. The molecule has 88 valence electrons. The highest BCUT2D eigenvalue weighted by Crippen LogP contribution is 2.16. The molecule has 0 radical (unpaired) electrons. The standard InChI is InChI=1S/C11H16N2O3/c1-8-9(7-14)6-10(16-8)11(15)13-4-2-12-3-5-13/h6,12,14H,2-5,7H2,1H3. The van der Waals surface area contributed by atoms with Crippen LogP contribution >= 0.6 is 0 Å². The molecular weight excluding hydrogens is 208 g/mol. The van der Waals surface area contributed by atoms with E-state index in [2.05, 4.69) is 5.32 Å². The average Bonchev–Trinajstić information content (AvgIpc) is 2.71. The SMILES string of the molecule is Cc1oc(C(=O)N2CCNCC2)cc1CO. The van der Waals surface area contributed by atoms with E-state index in [1.807, 2.05) is 0 Å². The maximum Gasteiger partial charge on any atom is 0.289 e. The Labute approximate surface area is 94.0 Å². The third kappa shape index (κ3) is 2.10. The fourth-order valence-corrected chi connectivity index (χ4v) is 1.81. The third-order valence-electron chi connectivity index (χ3n) is 2.81. The van der Waals surface area contributed by atoms with Gasteiger partial charge in [0.2, 0.25) is 0 Å². The van der Waals surface area contributed by atoms with Gasteiger partial charge < -0.3 is 19.7 Å². The van der Waals surface area contributed by atoms with Crippen molar-refractivity contribution >= 4 is 5.91 Å². The summed E-state index contributed by atoms with van der Waals surface area (Å²) in [4.78, 5) is 13.8. The summed E-state index contributed by atoms with van der Waals surface area (Å²) in [7, 11) is 0. The molecule has 2 rings (SSSR count). The number of aliphatic hydroxyl groups is 1. The van der Waals surface area contributed by atoms with Crippen molar-refractivity contribution in [2.24, 2.45) is 0 Å². The monoisotopic (exact) mass is 224 g/mol. The largest absolute Gasteiger partial charge is 0.456 e. The van der Waals surface area contributed by atoms with Crippen LogP contribution in [0.25, 0.3) is 0 Å². The number of carbonyl (C=O) groups is 1. The van der Waals surface area contributed by atoms with Gasteiger partial charge in [0.25, 0.3) is 5.91 Å². The maximum absolute atomic E-state index is 12.0. The molecule has 5 nitrogen and oxygen atoms in total. The van der Waals surface area contributed by atoms with Gasteiger partial charge >= 0.3 is 0 Å². The zero-order valence-corrected chi connectivity index (χ0v) is 9.32. The predicted molar refractivity (Wildman–Crippen MR) is 58.1 cm³/mol. The van der Waals surface area contributed by atoms with Gasteiger partial charge in [0.05, 0.1) is 6.61 Å². The summed E-state index contributed by atoms with van der Waals surface area (Å²) >= 11 is 0. The molecule has 1 aromatic heterocycles. The number of aliphatic hydroxyl groups excluding tert-OH is 1. The molecule has 1 aromatic rings. The van der Waals surface area contributed by atoms with Crippen LogP contribution in [0.15, 0.2) is 10.5 Å². The van der Waals surface area contributed by atoms with Crippen LogP contribution in [-0.2, 0) is 6.61 Å². The summed E-state index contributed by atoms with van der Waals surface area (Å²) in [5.74, 6) is 0.841. The Morgan fingerprint density at radius 3 is 2.81 bits per heavy atom. The summed E-state index contributed by atoms with van der Waals surface area (Å²) in [6.07, 6.45) is 0. The number of aryl methyl sites for hydroxylation is 1. The zero-order valence-electron chi connectivity index (χ0n) is 9.32. The highest BCUT2D eigenvalue weighted by Gasteiger charge is 2.21. The molecule has 0 saturated carbocycles. The molecule has 1 amide bonds. The first-order valence-electron chi connectivity index (χ1n) is 5.42. The summed E-state index contributed by atoms with van der Waals surface area (Å²) in [6, 6.07) is 1.62. The molecule has 1 aliphatic heterocycles. The van der Waals surface area contributed by atoms with Gasteiger partial charge in [-0.3, -0.25) is 4.79 Å². The van der Waals surface area contributed by atoms with Crippen LogP contribution in [-0.4, -0.2) is 42.1 Å². The van der Waals surface area contributed by atoms with E-state index in [1.54, 1.807) is 17.9 Å². The van der Waals surface area contributed by atoms with Crippen LogP contribution < -0.4 is 5.32 Å². The molecule has 0 atom stereocenters. The lowest BCUT2D eigenvalue weighted by Crippen LogP contribution is -2.46. The van der Waals surface area contributed by atoms with Crippen molar-refractivity contribution in [1.29, 1.82) is 0 Å². The maximum atomic E-state index is 12.0. The minimum absolute atomic E-state index is 0.0931. The van der Waals surface area contributed by atoms with Crippen molar-refractivity contribution in [2.45, 2.75) is 13.5 Å². The van der Waals surface area contributed by atoms with E-state index in [-0.39, 0.29) is 12.5 Å². The fraction of sp³-hybridized carbons (Fsp3) is 0.545. The Morgan fingerprint density at radius 1 is 1.56 bits per heavy atom. The smallest absolute Gasteiger partial charge is 0.289 e. The highest BCUT2D eigenvalue weighted by molar-refractivity contribution is 5.91. The van der Waals surface area contributed by atoms with Crippen molar-refractivity contribution in [2.75, 3.05) is 26.2 Å². The van der Waals surface area contributed by atoms with Crippen LogP contribution in [0.5, 0.6) is 0 Å². The third-order valence-corrected chi connectivity index (χ3v) is 2.81. The van der Waals surface area contributed by atoms with Gasteiger partial charge in [-0.1, -0.05) is 0 Å². The van der Waals surface area contributed by atoms with Crippen molar-refractivity contribution in [3.8, 4) is 0 Å². The number of rotatable bonds is 2. The first-order valence-corrected chi connectivity index (χ1v) is 5.42. The van der Waals surface area contributed by atoms with Crippen molar-refractivity contribution in [1.82, 2.24) is 10.2 Å². The molecule has 2 N–H and O–H groups in total. The van der Waals surface area contributed by atoms with Crippen LogP contribution in [0.2, 0.25) is 0 Å². The number of carbonyl (C=O) groups excluding carboxylic acids is 1. The lowest BCUT2D eigenvalue weighted by Gasteiger charge is -2.26. The number of nitrogens with zero attached hydrogens (tertiary/aromatic N) is 1. The number of hydrogen-bond donors (Lipinski definition) is 2. The number of piperazine rings is 1. The normalized spacial score (nSPS) is 16.5. The Kier molecular flexibility index (Phi) is 3.26. The van der Waals surface area contributed by atoms with Crippen molar-refractivity contribution in [3.05, 3.63) is 23.2 Å². The van der Waals surface area contributed by atoms with Crippen molar-refractivity contribution in [3.63, 3.8) is 0 Å². The van der Waals surface area contributed by atoms with Crippen molar-refractivity contribution < 1.29 is 14.3 Å². The predicted octanol–water partition coefficient (Wildman–Crippen LogP) is 0.126. The molecule has 1 aliphatic rings. The van der Waals surface area contributed by atoms with Gasteiger partial charge in [-0.25, -0.2) is 0 Å². The average molecular weight is 224 g/mol. The van der Waals surface area contributed by atoms with E-state index in [4.69, 9.17) is 9.52 Å². The highest BCUT2D eigenvalue weighted by atomic mass is 16.4. The minimum Gasteiger partial charge on any atom is -0.456 e. The Bertz CT molecular complexity index is 381. The molecule has 0 spiro atoms. The molecule has 0 aliphatic carbocycles. The summed E-state index contributed by atoms with van der Waals surface area (Å²) in [5.41, 5.74) is 0.679. The second kappa shape index (κ2) is 4.67. The summed E-state index contributed by atoms with van der Waals surface area (Å²) in [5, 5.41) is 12.2. The zero-order chi connectivity index (χ0) is 11.5. The van der Waals surface area contributed by atoms with Gasteiger partial charge in [-0.05, 0) is 13.0 Å². The van der Waals surface area contributed by atoms with E-state index < -0.39 is 0 Å². The number of nitrogens with one attached hydrogen (secondary N) is 1. The lowest BCUT2D eigenvalue weighted by atomic mass is 10.2. The van der Waals surface area contributed by atoms with E-state index in [0.717, 1.165) is 13.1 Å². The van der Waals surface area contributed by atoms with E-state index in [1.165, 1.54) is 0 Å². The summed E-state index contributed by atoms with van der Waals surface area (Å²) in [6.45, 7) is 4.70. The van der Waals surface area contributed by atoms with Gasteiger partial charge in [-0.15, -0.1) is 0 Å². The quantitative estimate of drug-likeness (QED) is 0.749. The molecule has 0 bridgehead atoms. The van der Waals surface area contributed by atoms with Gasteiger partial charge in [0.1, 0.15) is 5.76 Å². The van der Waals surface area contributed by atoms with Gasteiger partial charge in [0.15, 0.2) is 5.76 Å². The molecule has 0 unspecified atom stereocenters. The first kappa shape index (κ1) is 11.2. The minimum atomic E-state index is -0.0932. The fourth-order valence-electron chi connectivity index (χ4n) is 1.81. The lowest BCUT2D eigenvalue weighted by molar-refractivity contribution is 0.0702. The van der Waals surface area contributed by atoms with E-state index >= 15 is 0 Å². The molecule has 2 heterocycles. The van der Waals surface area contributed by atoms with Crippen LogP contribution in [0.1, 0.15) is 21.9 Å². The Balaban J connectivity index is 2.13. The molecule has 1 saturated heterocycles. The van der Waals surface area contributed by atoms with Gasteiger partial charge in [0, 0.05) is 31.7 Å². The molecular formula is C11H16N2O3. The number of furan rings is 1. The first-order chi connectivity index (χ1) is 7.72. The number of amides is 1. The molecule has 5 heteroatoms. The topological polar surface area (TPSA) is 65.7 Å². The molecule has 16 heavy (non-hydrogen) atoms.